The van der Waals surface area contributed by atoms with Gasteiger partial charge in [-0.05, 0) is 29.8 Å². The zero-order valence-electron chi connectivity index (χ0n) is 8.81. The zero-order chi connectivity index (χ0) is 12.1. The van der Waals surface area contributed by atoms with Gasteiger partial charge in [0.25, 0.3) is 0 Å². The van der Waals surface area contributed by atoms with E-state index in [1.807, 2.05) is 24.3 Å². The van der Waals surface area contributed by atoms with Gasteiger partial charge in [0.1, 0.15) is 5.82 Å². The highest BCUT2D eigenvalue weighted by Gasteiger charge is 1.97. The summed E-state index contributed by atoms with van der Waals surface area (Å²) in [6.45, 7) is 0. The van der Waals surface area contributed by atoms with Gasteiger partial charge in [0.2, 0.25) is 0 Å². The van der Waals surface area contributed by atoms with E-state index in [4.69, 9.17) is 11.6 Å². The lowest BCUT2D eigenvalue weighted by atomic mass is 10.2. The molecule has 0 amide bonds. The molecule has 0 bridgehead atoms. The fourth-order valence-electron chi connectivity index (χ4n) is 1.21. The second-order valence-corrected chi connectivity index (χ2v) is 4.55. The second-order valence-electron chi connectivity index (χ2n) is 3.31. The molecule has 86 valence electrons. The van der Waals surface area contributed by atoms with Gasteiger partial charge in [-0.15, -0.1) is 0 Å². The first-order valence-electron chi connectivity index (χ1n) is 4.96. The Bertz CT molecular complexity index is 525. The van der Waals surface area contributed by atoms with Gasteiger partial charge < -0.3 is 0 Å². The first kappa shape index (κ1) is 12.1. The molecule has 0 aliphatic heterocycles. The number of benzene rings is 2. The molecule has 2 rings (SSSR count). The SMILES string of the molecule is Fc1ccc(C=NSc2ccccc2Cl)cc1. The van der Waals surface area contributed by atoms with Crippen molar-refractivity contribution in [2.24, 2.45) is 4.40 Å². The van der Waals surface area contributed by atoms with Gasteiger partial charge in [-0.25, -0.2) is 8.79 Å². The Morgan fingerprint density at radius 1 is 1.06 bits per heavy atom. The summed E-state index contributed by atoms with van der Waals surface area (Å²) in [6.07, 6.45) is 1.67. The Morgan fingerprint density at radius 3 is 2.47 bits per heavy atom. The van der Waals surface area contributed by atoms with E-state index in [1.54, 1.807) is 18.3 Å². The Morgan fingerprint density at radius 2 is 1.76 bits per heavy atom. The van der Waals surface area contributed by atoms with Crippen molar-refractivity contribution in [2.45, 2.75) is 4.90 Å². The molecule has 0 unspecified atom stereocenters. The summed E-state index contributed by atoms with van der Waals surface area (Å²) in [5.41, 5.74) is 0.853. The summed E-state index contributed by atoms with van der Waals surface area (Å²) in [5.74, 6) is -0.249. The average Bonchev–Trinajstić information content (AvgIpc) is 2.34. The minimum absolute atomic E-state index is 0.249. The van der Waals surface area contributed by atoms with Crippen LogP contribution in [0.4, 0.5) is 4.39 Å². The third-order valence-corrected chi connectivity index (χ3v) is 3.26. The minimum Gasteiger partial charge on any atom is -0.219 e. The Labute approximate surface area is 108 Å². The molecular weight excluding hydrogens is 257 g/mol. The Hall–Kier alpha value is -1.32. The molecule has 0 aromatic heterocycles. The molecule has 0 heterocycles. The highest BCUT2D eigenvalue weighted by molar-refractivity contribution is 7.98. The van der Waals surface area contributed by atoms with Crippen molar-refractivity contribution < 1.29 is 4.39 Å². The van der Waals surface area contributed by atoms with Crippen LogP contribution in [0, 0.1) is 5.82 Å². The van der Waals surface area contributed by atoms with Crippen molar-refractivity contribution in [3.63, 3.8) is 0 Å². The third kappa shape index (κ3) is 3.58. The lowest BCUT2D eigenvalue weighted by Crippen LogP contribution is -1.80. The summed E-state index contributed by atoms with van der Waals surface area (Å²) < 4.78 is 16.8. The van der Waals surface area contributed by atoms with Gasteiger partial charge in [-0.1, -0.05) is 35.9 Å². The Balaban J connectivity index is 2.03. The van der Waals surface area contributed by atoms with Crippen molar-refractivity contribution in [1.29, 1.82) is 0 Å². The maximum atomic E-state index is 12.7. The number of nitrogens with zero attached hydrogens (tertiary/aromatic N) is 1. The van der Waals surface area contributed by atoms with Crippen LogP contribution in [0.5, 0.6) is 0 Å². The molecule has 0 N–H and O–H groups in total. The summed E-state index contributed by atoms with van der Waals surface area (Å²) in [6, 6.07) is 13.6. The number of halogens is 2. The minimum atomic E-state index is -0.249. The van der Waals surface area contributed by atoms with Crippen LogP contribution in [-0.2, 0) is 0 Å². The second kappa shape index (κ2) is 5.84. The predicted octanol–water partition coefficient (Wildman–Crippen LogP) is 4.61. The van der Waals surface area contributed by atoms with Crippen LogP contribution in [-0.4, -0.2) is 6.21 Å². The fraction of sp³-hybridized carbons (Fsp3) is 0. The molecule has 0 radical (unpaired) electrons. The third-order valence-electron chi connectivity index (χ3n) is 2.06. The highest BCUT2D eigenvalue weighted by atomic mass is 35.5. The largest absolute Gasteiger partial charge is 0.219 e. The fourth-order valence-corrected chi connectivity index (χ4v) is 2.03. The molecule has 0 aliphatic rings. The first-order chi connectivity index (χ1) is 8.25. The van der Waals surface area contributed by atoms with E-state index in [2.05, 4.69) is 4.40 Å². The van der Waals surface area contributed by atoms with E-state index in [9.17, 15) is 4.39 Å². The topological polar surface area (TPSA) is 12.4 Å². The summed E-state index contributed by atoms with van der Waals surface area (Å²) in [5, 5.41) is 0.675. The molecule has 1 nitrogen and oxygen atoms in total. The van der Waals surface area contributed by atoms with E-state index < -0.39 is 0 Å². The van der Waals surface area contributed by atoms with E-state index in [-0.39, 0.29) is 5.82 Å². The summed E-state index contributed by atoms with van der Waals surface area (Å²) >= 11 is 7.27. The van der Waals surface area contributed by atoms with Crippen molar-refractivity contribution in [2.75, 3.05) is 0 Å². The van der Waals surface area contributed by atoms with Gasteiger partial charge in [0, 0.05) is 23.1 Å². The molecule has 2 aromatic carbocycles. The normalized spacial score (nSPS) is 10.9. The lowest BCUT2D eigenvalue weighted by molar-refractivity contribution is 0.628. The summed E-state index contributed by atoms with van der Waals surface area (Å²) in [4.78, 5) is 0.896. The zero-order valence-corrected chi connectivity index (χ0v) is 10.4. The molecule has 0 atom stereocenters. The van der Waals surface area contributed by atoms with Crippen LogP contribution in [0.3, 0.4) is 0 Å². The maximum absolute atomic E-state index is 12.7. The van der Waals surface area contributed by atoms with Crippen LogP contribution in [0.2, 0.25) is 5.02 Å². The predicted molar refractivity (Wildman–Crippen MR) is 71.3 cm³/mol. The van der Waals surface area contributed by atoms with Crippen molar-refractivity contribution in [3.05, 3.63) is 64.9 Å². The smallest absolute Gasteiger partial charge is 0.123 e. The summed E-state index contributed by atoms with van der Waals surface area (Å²) in [7, 11) is 0. The van der Waals surface area contributed by atoms with Crippen molar-refractivity contribution in [3.8, 4) is 0 Å². The maximum Gasteiger partial charge on any atom is 0.123 e. The van der Waals surface area contributed by atoms with Gasteiger partial charge >= 0.3 is 0 Å². The standard InChI is InChI=1S/C13H9ClFNS/c14-12-3-1-2-4-13(12)17-16-9-10-5-7-11(15)8-6-10/h1-9H. The van der Waals surface area contributed by atoms with Gasteiger partial charge in [-0.3, -0.25) is 0 Å². The van der Waals surface area contributed by atoms with E-state index >= 15 is 0 Å². The first-order valence-corrected chi connectivity index (χ1v) is 6.11. The van der Waals surface area contributed by atoms with Crippen LogP contribution in [0.15, 0.2) is 57.8 Å². The molecule has 0 fully saturated rings. The van der Waals surface area contributed by atoms with Crippen LogP contribution >= 0.6 is 23.5 Å². The molecule has 0 spiro atoms. The monoisotopic (exact) mass is 265 g/mol. The molecule has 0 saturated heterocycles. The van der Waals surface area contributed by atoms with Crippen molar-refractivity contribution in [1.82, 2.24) is 0 Å². The molecule has 17 heavy (non-hydrogen) atoms. The van der Waals surface area contributed by atoms with E-state index in [0.717, 1.165) is 10.5 Å². The van der Waals surface area contributed by atoms with Crippen LogP contribution in [0.25, 0.3) is 0 Å². The molecule has 2 aromatic rings. The van der Waals surface area contributed by atoms with Crippen LogP contribution in [0.1, 0.15) is 5.56 Å². The highest BCUT2D eigenvalue weighted by Crippen LogP contribution is 2.27. The molecular formula is C13H9ClFNS. The molecule has 0 saturated carbocycles. The number of hydrogen-bond donors (Lipinski definition) is 0. The van der Waals surface area contributed by atoms with Gasteiger partial charge in [0.05, 0.1) is 5.02 Å². The van der Waals surface area contributed by atoms with E-state index in [1.165, 1.54) is 24.1 Å². The lowest BCUT2D eigenvalue weighted by Gasteiger charge is -1.97. The molecule has 0 aliphatic carbocycles. The number of hydrogen-bond acceptors (Lipinski definition) is 2. The average molecular weight is 266 g/mol. The van der Waals surface area contributed by atoms with Gasteiger partial charge in [0.15, 0.2) is 0 Å². The van der Waals surface area contributed by atoms with Gasteiger partial charge in [-0.2, -0.15) is 0 Å². The molecule has 4 heteroatoms. The quantitative estimate of drug-likeness (QED) is 0.583. The van der Waals surface area contributed by atoms with E-state index in [0.29, 0.717) is 5.02 Å². The number of rotatable bonds is 3. The van der Waals surface area contributed by atoms with Crippen LogP contribution < -0.4 is 0 Å². The van der Waals surface area contributed by atoms with Crippen molar-refractivity contribution >= 4 is 29.8 Å². The Kier molecular flexibility index (Phi) is 4.18.